The lowest BCUT2D eigenvalue weighted by Crippen LogP contribution is -2.23. The molecule has 4 unspecified atom stereocenters. The van der Waals surface area contributed by atoms with Gasteiger partial charge in [-0.2, -0.15) is 0 Å². The van der Waals surface area contributed by atoms with Gasteiger partial charge in [0.1, 0.15) is 0 Å². The number of halogens is 4. The van der Waals surface area contributed by atoms with Crippen molar-refractivity contribution >= 4 is 69.7 Å². The fraction of sp³-hybridized carbons (Fsp3) is 0.947. The highest BCUT2D eigenvalue weighted by Crippen LogP contribution is 2.31. The first-order chi connectivity index (χ1) is 11.9. The van der Waals surface area contributed by atoms with Crippen LogP contribution in [0.5, 0.6) is 0 Å². The van der Waals surface area contributed by atoms with Crippen LogP contribution in [0.2, 0.25) is 0 Å². The van der Waals surface area contributed by atoms with Crippen molar-refractivity contribution in [1.29, 1.82) is 0 Å². The zero-order valence-electron chi connectivity index (χ0n) is 15.6. The van der Waals surface area contributed by atoms with E-state index in [2.05, 4.69) is 75.4 Å². The summed E-state index contributed by atoms with van der Waals surface area (Å²) in [6, 6.07) is 0. The zero-order chi connectivity index (χ0) is 19.1. The topological polar surface area (TPSA) is 26.3 Å². The summed E-state index contributed by atoms with van der Waals surface area (Å²) in [4.78, 5) is 13.1. The zero-order valence-corrected chi connectivity index (χ0v) is 22.0. The van der Waals surface area contributed by atoms with Crippen LogP contribution in [0.15, 0.2) is 0 Å². The SMILES string of the molecule is CCCCCC(Br)C(Br)CC(Br)C(Br)CCCCCCCC(=O)OC. The summed E-state index contributed by atoms with van der Waals surface area (Å²) in [6.07, 6.45) is 13.7. The number of unbranched alkanes of at least 4 members (excludes halogenated alkanes) is 6. The van der Waals surface area contributed by atoms with E-state index in [1.165, 1.54) is 58.5 Å². The van der Waals surface area contributed by atoms with Crippen LogP contribution in [0.3, 0.4) is 0 Å². The molecule has 0 N–H and O–H groups in total. The molecule has 0 heterocycles. The molecule has 0 aliphatic carbocycles. The van der Waals surface area contributed by atoms with Gasteiger partial charge in [0.05, 0.1) is 7.11 Å². The van der Waals surface area contributed by atoms with Crippen molar-refractivity contribution in [2.45, 2.75) is 103 Å². The third-order valence-corrected chi connectivity index (χ3v) is 10.0. The number of hydrogen-bond donors (Lipinski definition) is 0. The molecule has 0 saturated heterocycles. The minimum absolute atomic E-state index is 0.0910. The van der Waals surface area contributed by atoms with Crippen LogP contribution in [-0.2, 0) is 9.53 Å². The van der Waals surface area contributed by atoms with Gasteiger partial charge in [-0.05, 0) is 25.7 Å². The number of rotatable bonds is 16. The molecule has 0 saturated carbocycles. The predicted octanol–water partition coefficient (Wildman–Crippen LogP) is 7.91. The molecule has 6 heteroatoms. The molecule has 0 rings (SSSR count). The number of carbonyl (C=O) groups is 1. The van der Waals surface area contributed by atoms with Crippen LogP contribution in [0.4, 0.5) is 0 Å². The van der Waals surface area contributed by atoms with Gasteiger partial charge in [-0.1, -0.05) is 116 Å². The van der Waals surface area contributed by atoms with E-state index in [9.17, 15) is 4.79 Å². The Kier molecular flexibility index (Phi) is 18.5. The molecule has 150 valence electrons. The molecule has 0 aliphatic heterocycles. The molecule has 0 aromatic heterocycles. The maximum atomic E-state index is 11.0. The maximum absolute atomic E-state index is 11.0. The molecule has 0 bridgehead atoms. The number of carbonyl (C=O) groups excluding carboxylic acids is 1. The van der Waals surface area contributed by atoms with Crippen molar-refractivity contribution in [3.05, 3.63) is 0 Å². The quantitative estimate of drug-likeness (QED) is 0.100. The number of esters is 1. The van der Waals surface area contributed by atoms with Crippen LogP contribution < -0.4 is 0 Å². The highest BCUT2D eigenvalue weighted by molar-refractivity contribution is 9.13. The van der Waals surface area contributed by atoms with E-state index in [0.29, 0.717) is 25.7 Å². The summed E-state index contributed by atoms with van der Waals surface area (Å²) in [5.74, 6) is -0.0910. The molecular formula is C19H34Br4O2. The molecule has 0 fully saturated rings. The van der Waals surface area contributed by atoms with Crippen molar-refractivity contribution in [2.24, 2.45) is 0 Å². The molecular weight excluding hydrogens is 580 g/mol. The number of alkyl halides is 4. The normalized spacial score (nSPS) is 16.2. The largest absolute Gasteiger partial charge is 0.469 e. The Morgan fingerprint density at radius 3 is 1.76 bits per heavy atom. The molecule has 0 aliphatic rings. The van der Waals surface area contributed by atoms with Gasteiger partial charge in [0.2, 0.25) is 0 Å². The summed E-state index contributed by atoms with van der Waals surface area (Å²) < 4.78 is 4.65. The van der Waals surface area contributed by atoms with E-state index in [-0.39, 0.29) is 5.97 Å². The van der Waals surface area contributed by atoms with E-state index >= 15 is 0 Å². The lowest BCUT2D eigenvalue weighted by atomic mass is 10.0. The number of methoxy groups -OCH3 is 1. The van der Waals surface area contributed by atoms with E-state index < -0.39 is 0 Å². The Labute approximate surface area is 188 Å². The third-order valence-electron chi connectivity index (χ3n) is 4.41. The Bertz CT molecular complexity index is 329. The third kappa shape index (κ3) is 15.0. The van der Waals surface area contributed by atoms with E-state index in [1.807, 2.05) is 0 Å². The number of ether oxygens (including phenoxy) is 1. The summed E-state index contributed by atoms with van der Waals surface area (Å²) in [6.45, 7) is 2.25. The second-order valence-electron chi connectivity index (χ2n) is 6.68. The molecule has 0 spiro atoms. The summed E-state index contributed by atoms with van der Waals surface area (Å²) in [5, 5.41) is 0. The lowest BCUT2D eigenvalue weighted by Gasteiger charge is -2.23. The highest BCUT2D eigenvalue weighted by atomic mass is 79.9. The van der Waals surface area contributed by atoms with Crippen LogP contribution in [0, 0.1) is 0 Å². The minimum atomic E-state index is -0.0910. The van der Waals surface area contributed by atoms with Crippen LogP contribution >= 0.6 is 63.7 Å². The van der Waals surface area contributed by atoms with Gasteiger partial charge in [0.15, 0.2) is 0 Å². The molecule has 0 radical (unpaired) electrons. The standard InChI is InChI=1S/C19H34Br4O2/c1-3-4-8-11-15(20)17(22)14-18(23)16(21)12-9-6-5-7-10-13-19(24)25-2/h15-18H,3-14H2,1-2H3. The van der Waals surface area contributed by atoms with E-state index in [0.717, 1.165) is 19.3 Å². The Morgan fingerprint density at radius 1 is 0.760 bits per heavy atom. The fourth-order valence-corrected chi connectivity index (χ4v) is 5.62. The van der Waals surface area contributed by atoms with Crippen molar-refractivity contribution in [3.63, 3.8) is 0 Å². The molecule has 0 aromatic carbocycles. The Balaban J connectivity index is 3.73. The average Bonchev–Trinajstić information content (AvgIpc) is 2.60. The van der Waals surface area contributed by atoms with E-state index in [4.69, 9.17) is 0 Å². The predicted molar refractivity (Wildman–Crippen MR) is 124 cm³/mol. The van der Waals surface area contributed by atoms with Gasteiger partial charge < -0.3 is 4.74 Å². The first-order valence-electron chi connectivity index (χ1n) is 9.55. The summed E-state index contributed by atoms with van der Waals surface area (Å²) >= 11 is 15.4. The average molecular weight is 614 g/mol. The lowest BCUT2D eigenvalue weighted by molar-refractivity contribution is -0.140. The molecule has 2 nitrogen and oxygen atoms in total. The van der Waals surface area contributed by atoms with Crippen molar-refractivity contribution in [3.8, 4) is 0 Å². The smallest absolute Gasteiger partial charge is 0.305 e. The van der Waals surface area contributed by atoms with Crippen LogP contribution in [-0.4, -0.2) is 32.4 Å². The van der Waals surface area contributed by atoms with Gasteiger partial charge in [-0.25, -0.2) is 0 Å². The van der Waals surface area contributed by atoms with Crippen molar-refractivity contribution in [2.75, 3.05) is 7.11 Å². The molecule has 0 aromatic rings. The minimum Gasteiger partial charge on any atom is -0.469 e. The van der Waals surface area contributed by atoms with Crippen LogP contribution in [0.1, 0.15) is 84.0 Å². The van der Waals surface area contributed by atoms with Gasteiger partial charge in [0.25, 0.3) is 0 Å². The number of hydrogen-bond acceptors (Lipinski definition) is 2. The van der Waals surface area contributed by atoms with Gasteiger partial charge in [-0.15, -0.1) is 0 Å². The van der Waals surface area contributed by atoms with Gasteiger partial charge in [0, 0.05) is 25.7 Å². The second kappa shape index (κ2) is 17.5. The molecule has 0 amide bonds. The van der Waals surface area contributed by atoms with E-state index in [1.54, 1.807) is 0 Å². The first kappa shape index (κ1) is 26.4. The summed E-state index contributed by atoms with van der Waals surface area (Å²) in [5.41, 5.74) is 0. The highest BCUT2D eigenvalue weighted by Gasteiger charge is 2.23. The Hall–Kier alpha value is 1.39. The maximum Gasteiger partial charge on any atom is 0.305 e. The second-order valence-corrected chi connectivity index (χ2v) is 11.4. The van der Waals surface area contributed by atoms with Gasteiger partial charge in [-0.3, -0.25) is 4.79 Å². The monoisotopic (exact) mass is 610 g/mol. The van der Waals surface area contributed by atoms with Crippen LogP contribution in [0.25, 0.3) is 0 Å². The summed E-state index contributed by atoms with van der Waals surface area (Å²) in [7, 11) is 1.45. The van der Waals surface area contributed by atoms with Gasteiger partial charge >= 0.3 is 5.97 Å². The fourth-order valence-electron chi connectivity index (χ4n) is 2.70. The Morgan fingerprint density at radius 2 is 1.24 bits per heavy atom. The van der Waals surface area contributed by atoms with Crippen molar-refractivity contribution < 1.29 is 9.53 Å². The molecule has 4 atom stereocenters. The van der Waals surface area contributed by atoms with Crippen molar-refractivity contribution in [1.82, 2.24) is 0 Å². The molecule has 25 heavy (non-hydrogen) atoms. The first-order valence-corrected chi connectivity index (χ1v) is 13.2.